The predicted molar refractivity (Wildman–Crippen MR) is 96.1 cm³/mol. The summed E-state index contributed by atoms with van der Waals surface area (Å²) in [6.07, 6.45) is 3.99. The fourth-order valence-electron chi connectivity index (χ4n) is 3.58. The number of ether oxygens (including phenoxy) is 1. The van der Waals surface area contributed by atoms with Gasteiger partial charge in [0, 0.05) is 19.3 Å². The number of amides is 1. The van der Waals surface area contributed by atoms with Gasteiger partial charge in [0.25, 0.3) is 0 Å². The van der Waals surface area contributed by atoms with Crippen LogP contribution in [0.3, 0.4) is 0 Å². The van der Waals surface area contributed by atoms with Gasteiger partial charge in [-0.1, -0.05) is 25.5 Å². The Morgan fingerprint density at radius 3 is 2.75 bits per heavy atom. The first-order valence-electron chi connectivity index (χ1n) is 8.65. The molecule has 1 aliphatic heterocycles. The van der Waals surface area contributed by atoms with E-state index in [-0.39, 0.29) is 17.2 Å². The van der Waals surface area contributed by atoms with E-state index in [2.05, 4.69) is 49.0 Å². The van der Waals surface area contributed by atoms with E-state index in [1.165, 1.54) is 5.57 Å². The van der Waals surface area contributed by atoms with Crippen LogP contribution in [0.2, 0.25) is 0 Å². The molecular formula is C19H27N3O2. The summed E-state index contributed by atoms with van der Waals surface area (Å²) in [5.74, 6) is 1.26. The Balaban J connectivity index is 1.75. The molecule has 1 aromatic heterocycles. The molecule has 5 heteroatoms. The fraction of sp³-hybridized carbons (Fsp3) is 0.579. The average Bonchev–Trinajstić information content (AvgIpc) is 3.08. The molecule has 2 heterocycles. The number of hydrogen-bond donors (Lipinski definition) is 1. The molecule has 0 radical (unpaired) electrons. The lowest BCUT2D eigenvalue weighted by molar-refractivity contribution is -0.118. The Hall–Kier alpha value is -1.88. The number of morpholine rings is 1. The van der Waals surface area contributed by atoms with E-state index in [1.807, 2.05) is 12.1 Å². The lowest BCUT2D eigenvalue weighted by Gasteiger charge is -2.29. The largest absolute Gasteiger partial charge is 0.378 e. The van der Waals surface area contributed by atoms with Crippen LogP contribution in [0.5, 0.6) is 0 Å². The Labute approximate surface area is 144 Å². The molecule has 1 saturated heterocycles. The SMILES string of the molecule is CC(C)=C[C@H]1[C@H](C(=O)Nc2cccnc2N2CCOCC2)C1(C)C. The van der Waals surface area contributed by atoms with Crippen LogP contribution < -0.4 is 10.2 Å². The number of allylic oxidation sites excluding steroid dienone is 2. The third-order valence-electron chi connectivity index (χ3n) is 5.06. The third kappa shape index (κ3) is 3.31. The van der Waals surface area contributed by atoms with Gasteiger partial charge in [-0.05, 0) is 37.3 Å². The van der Waals surface area contributed by atoms with Crippen LogP contribution in [0.1, 0.15) is 27.7 Å². The van der Waals surface area contributed by atoms with E-state index in [0.717, 1.165) is 24.6 Å². The summed E-state index contributed by atoms with van der Waals surface area (Å²) in [7, 11) is 0. The van der Waals surface area contributed by atoms with Crippen LogP contribution in [0.4, 0.5) is 11.5 Å². The van der Waals surface area contributed by atoms with E-state index >= 15 is 0 Å². The second-order valence-corrected chi connectivity index (χ2v) is 7.53. The number of aromatic nitrogens is 1. The fourth-order valence-corrected chi connectivity index (χ4v) is 3.58. The summed E-state index contributed by atoms with van der Waals surface area (Å²) in [6.45, 7) is 11.5. The number of pyridine rings is 1. The smallest absolute Gasteiger partial charge is 0.228 e. The molecule has 1 saturated carbocycles. The molecule has 2 fully saturated rings. The van der Waals surface area contributed by atoms with E-state index in [9.17, 15) is 4.79 Å². The Kier molecular flexibility index (Phi) is 4.63. The average molecular weight is 329 g/mol. The summed E-state index contributed by atoms with van der Waals surface area (Å²) < 4.78 is 5.41. The maximum Gasteiger partial charge on any atom is 0.228 e. The van der Waals surface area contributed by atoms with Gasteiger partial charge in [-0.2, -0.15) is 0 Å². The van der Waals surface area contributed by atoms with Crippen molar-refractivity contribution in [3.63, 3.8) is 0 Å². The molecule has 1 aromatic rings. The standard InChI is InChI=1S/C19H27N3O2/c1-13(2)12-14-16(19(14,3)4)18(23)21-15-6-5-7-20-17(15)22-8-10-24-11-9-22/h5-7,12,14,16H,8-11H2,1-4H3,(H,21,23)/t14-,16+/m0/s1. The number of nitrogens with zero attached hydrogens (tertiary/aromatic N) is 2. The molecule has 0 bridgehead atoms. The maximum atomic E-state index is 12.8. The van der Waals surface area contributed by atoms with Gasteiger partial charge in [-0.15, -0.1) is 0 Å². The highest BCUT2D eigenvalue weighted by Crippen LogP contribution is 2.59. The lowest BCUT2D eigenvalue weighted by Crippen LogP contribution is -2.37. The van der Waals surface area contributed by atoms with Gasteiger partial charge in [0.15, 0.2) is 5.82 Å². The topological polar surface area (TPSA) is 54.5 Å². The molecule has 0 unspecified atom stereocenters. The summed E-state index contributed by atoms with van der Waals surface area (Å²) >= 11 is 0. The number of rotatable bonds is 4. The summed E-state index contributed by atoms with van der Waals surface area (Å²) in [5.41, 5.74) is 2.07. The minimum absolute atomic E-state index is 0.0166. The molecule has 0 aromatic carbocycles. The van der Waals surface area contributed by atoms with E-state index in [1.54, 1.807) is 6.20 Å². The van der Waals surface area contributed by atoms with Gasteiger partial charge < -0.3 is 15.0 Å². The van der Waals surface area contributed by atoms with Crippen molar-refractivity contribution < 1.29 is 9.53 Å². The number of nitrogens with one attached hydrogen (secondary N) is 1. The summed E-state index contributed by atoms with van der Waals surface area (Å²) in [4.78, 5) is 19.5. The van der Waals surface area contributed by atoms with Crippen LogP contribution in [0, 0.1) is 17.3 Å². The van der Waals surface area contributed by atoms with E-state index in [0.29, 0.717) is 19.1 Å². The first-order valence-corrected chi connectivity index (χ1v) is 8.65. The number of carbonyl (C=O) groups excluding carboxylic acids is 1. The Morgan fingerprint density at radius 1 is 1.38 bits per heavy atom. The maximum absolute atomic E-state index is 12.8. The van der Waals surface area contributed by atoms with Crippen molar-refractivity contribution in [1.82, 2.24) is 4.98 Å². The molecule has 130 valence electrons. The molecule has 5 nitrogen and oxygen atoms in total. The van der Waals surface area contributed by atoms with Crippen molar-refractivity contribution in [1.29, 1.82) is 0 Å². The minimum atomic E-state index is 0.0166. The molecule has 3 rings (SSSR count). The van der Waals surface area contributed by atoms with Gasteiger partial charge in [0.1, 0.15) is 0 Å². The van der Waals surface area contributed by atoms with Crippen LogP contribution in [0.25, 0.3) is 0 Å². The molecule has 1 amide bonds. The zero-order valence-corrected chi connectivity index (χ0v) is 15.0. The zero-order chi connectivity index (χ0) is 17.3. The molecule has 2 atom stereocenters. The second-order valence-electron chi connectivity index (χ2n) is 7.53. The zero-order valence-electron chi connectivity index (χ0n) is 15.0. The molecule has 1 N–H and O–H groups in total. The van der Waals surface area contributed by atoms with Crippen LogP contribution in [-0.4, -0.2) is 37.2 Å². The lowest BCUT2D eigenvalue weighted by atomic mass is 10.1. The van der Waals surface area contributed by atoms with Crippen LogP contribution in [0.15, 0.2) is 30.0 Å². The van der Waals surface area contributed by atoms with Gasteiger partial charge in [-0.3, -0.25) is 4.79 Å². The molecule has 0 spiro atoms. The van der Waals surface area contributed by atoms with Gasteiger partial charge in [0.2, 0.25) is 5.91 Å². The highest BCUT2D eigenvalue weighted by molar-refractivity contribution is 5.98. The summed E-state index contributed by atoms with van der Waals surface area (Å²) in [6, 6.07) is 3.80. The van der Waals surface area contributed by atoms with Crippen molar-refractivity contribution >= 4 is 17.4 Å². The Morgan fingerprint density at radius 2 is 2.08 bits per heavy atom. The highest BCUT2D eigenvalue weighted by atomic mass is 16.5. The monoisotopic (exact) mass is 329 g/mol. The van der Waals surface area contributed by atoms with E-state index < -0.39 is 0 Å². The predicted octanol–water partition coefficient (Wildman–Crippen LogP) is 3.10. The van der Waals surface area contributed by atoms with Crippen molar-refractivity contribution in [2.75, 3.05) is 36.5 Å². The summed E-state index contributed by atoms with van der Waals surface area (Å²) in [5, 5.41) is 3.12. The van der Waals surface area contributed by atoms with Crippen LogP contribution in [-0.2, 0) is 9.53 Å². The third-order valence-corrected chi connectivity index (χ3v) is 5.06. The first kappa shape index (κ1) is 17.0. The van der Waals surface area contributed by atoms with Crippen molar-refractivity contribution in [3.05, 3.63) is 30.0 Å². The van der Waals surface area contributed by atoms with Gasteiger partial charge >= 0.3 is 0 Å². The quantitative estimate of drug-likeness (QED) is 0.863. The minimum Gasteiger partial charge on any atom is -0.378 e. The van der Waals surface area contributed by atoms with E-state index in [4.69, 9.17) is 4.74 Å². The van der Waals surface area contributed by atoms with Crippen LogP contribution >= 0.6 is 0 Å². The first-order chi connectivity index (χ1) is 11.4. The van der Waals surface area contributed by atoms with Crippen molar-refractivity contribution in [2.24, 2.45) is 17.3 Å². The number of hydrogen-bond acceptors (Lipinski definition) is 4. The highest BCUT2D eigenvalue weighted by Gasteiger charge is 2.60. The number of anilines is 2. The number of carbonyl (C=O) groups is 1. The molecular weight excluding hydrogens is 302 g/mol. The normalized spacial score (nSPS) is 25.1. The van der Waals surface area contributed by atoms with Gasteiger partial charge in [-0.25, -0.2) is 4.98 Å². The Bertz CT molecular complexity index is 644. The van der Waals surface area contributed by atoms with Crippen molar-refractivity contribution in [2.45, 2.75) is 27.7 Å². The second kappa shape index (κ2) is 6.55. The molecule has 1 aliphatic carbocycles. The van der Waals surface area contributed by atoms with Crippen molar-refractivity contribution in [3.8, 4) is 0 Å². The van der Waals surface area contributed by atoms with Gasteiger partial charge in [0.05, 0.1) is 24.8 Å². The molecule has 2 aliphatic rings. The molecule has 24 heavy (non-hydrogen) atoms.